The fourth-order valence-corrected chi connectivity index (χ4v) is 5.13. The number of rotatable bonds is 16. The van der Waals surface area contributed by atoms with Crippen molar-refractivity contribution in [1.29, 1.82) is 0 Å². The molecule has 1 amide bonds. The van der Waals surface area contributed by atoms with E-state index in [4.69, 9.17) is 9.47 Å². The Morgan fingerprint density at radius 2 is 1.82 bits per heavy atom. The maximum atomic E-state index is 12.5. The summed E-state index contributed by atoms with van der Waals surface area (Å²) in [5, 5.41) is 19.7. The number of methoxy groups -OCH3 is 2. The van der Waals surface area contributed by atoms with Gasteiger partial charge < -0.3 is 29.5 Å². The van der Waals surface area contributed by atoms with Crippen LogP contribution < -0.4 is 16.0 Å². The van der Waals surface area contributed by atoms with E-state index in [0.717, 1.165) is 12.0 Å². The summed E-state index contributed by atoms with van der Waals surface area (Å²) in [5.41, 5.74) is -0.611. The number of amides is 1. The normalized spacial score (nSPS) is 21.5. The Morgan fingerprint density at radius 3 is 2.34 bits per heavy atom. The van der Waals surface area contributed by atoms with Crippen LogP contribution in [0.4, 0.5) is 0 Å². The van der Waals surface area contributed by atoms with Gasteiger partial charge in [-0.25, -0.2) is 4.98 Å². The van der Waals surface area contributed by atoms with Crippen molar-refractivity contribution < 1.29 is 33.8 Å². The second-order valence-electron chi connectivity index (χ2n) is 9.13. The molecule has 1 aliphatic rings. The quantitative estimate of drug-likeness (QED) is 0.117. The number of aldehydes is 2. The molecule has 1 heterocycles. The summed E-state index contributed by atoms with van der Waals surface area (Å²) in [5.74, 6) is -0.804. The molecule has 4 N–H and O–H groups in total. The Morgan fingerprint density at radius 1 is 1.18 bits per heavy atom. The molecule has 3 unspecified atom stereocenters. The third-order valence-electron chi connectivity index (χ3n) is 6.08. The molecule has 0 aromatic carbocycles. The number of carbonyl (C=O) groups is 4. The minimum Gasteiger partial charge on any atom is -0.377 e. The lowest BCUT2D eigenvalue weighted by Gasteiger charge is -2.31. The topological polar surface area (TPSA) is 156 Å². The molecule has 2 rings (SSSR count). The summed E-state index contributed by atoms with van der Waals surface area (Å²) in [7, 11) is 2.81. The molecule has 1 aromatic heterocycles. The number of ketones is 1. The molecule has 0 bridgehead atoms. The Balaban J connectivity index is 1.93. The van der Waals surface area contributed by atoms with Gasteiger partial charge in [-0.2, -0.15) is 0 Å². The summed E-state index contributed by atoms with van der Waals surface area (Å²) < 4.78 is 11.5. The predicted molar refractivity (Wildman–Crippen MR) is 151 cm³/mol. The van der Waals surface area contributed by atoms with Crippen LogP contribution in [0, 0.1) is 6.92 Å². The van der Waals surface area contributed by atoms with E-state index in [-0.39, 0.29) is 11.8 Å². The fraction of sp³-hybridized carbons (Fsp3) is 0.560. The molecule has 1 aromatic rings. The molecule has 6 atom stereocenters. The van der Waals surface area contributed by atoms with Gasteiger partial charge in [0.05, 0.1) is 11.2 Å². The zero-order chi connectivity index (χ0) is 28.5. The Hall–Kier alpha value is -1.88. The molecule has 0 saturated heterocycles. The predicted octanol–water partition coefficient (Wildman–Crippen LogP) is 1.58. The Kier molecular flexibility index (Phi) is 12.8. The van der Waals surface area contributed by atoms with Gasteiger partial charge in [0.25, 0.3) is 5.91 Å². The van der Waals surface area contributed by atoms with E-state index >= 15 is 0 Å². The molecule has 0 radical (unpaired) electrons. The maximum absolute atomic E-state index is 12.5. The van der Waals surface area contributed by atoms with Gasteiger partial charge in [0, 0.05) is 23.8 Å². The van der Waals surface area contributed by atoms with Crippen molar-refractivity contribution in [3.8, 4) is 0 Å². The molecule has 0 fully saturated rings. The van der Waals surface area contributed by atoms with E-state index in [1.807, 2.05) is 35.6 Å². The highest BCUT2D eigenvalue weighted by Crippen LogP contribution is 2.31. The highest BCUT2D eigenvalue weighted by molar-refractivity contribution is 14.1. The molecule has 13 heteroatoms. The van der Waals surface area contributed by atoms with Crippen LogP contribution in [-0.4, -0.2) is 84.8 Å². The van der Waals surface area contributed by atoms with E-state index in [1.165, 1.54) is 44.8 Å². The molecule has 11 nitrogen and oxygen atoms in total. The summed E-state index contributed by atoms with van der Waals surface area (Å²) in [6.07, 6.45) is 6.28. The Labute approximate surface area is 240 Å². The number of nitrogens with zero attached hydrogens (tertiary/aromatic N) is 1. The highest BCUT2D eigenvalue weighted by Gasteiger charge is 2.34. The van der Waals surface area contributed by atoms with Crippen molar-refractivity contribution in [2.24, 2.45) is 0 Å². The molecule has 38 heavy (non-hydrogen) atoms. The number of allylic oxidation sites excluding steroid dienone is 2. The monoisotopic (exact) mass is 662 g/mol. The van der Waals surface area contributed by atoms with Crippen LogP contribution >= 0.6 is 33.9 Å². The summed E-state index contributed by atoms with van der Waals surface area (Å²) >= 11 is 3.18. The minimum atomic E-state index is -1.46. The molecule has 0 saturated carbocycles. The molecule has 210 valence electrons. The molecular formula is C25H35IN4O7S. The zero-order valence-corrected chi connectivity index (χ0v) is 25.0. The molecule has 0 aliphatic heterocycles. The number of thiazole rings is 1. The first-order valence-electron chi connectivity index (χ1n) is 12.0. The van der Waals surface area contributed by atoms with Gasteiger partial charge in [-0.15, -0.1) is 11.3 Å². The van der Waals surface area contributed by atoms with E-state index in [0.29, 0.717) is 38.9 Å². The maximum Gasteiger partial charge on any atom is 0.263 e. The van der Waals surface area contributed by atoms with Crippen molar-refractivity contribution in [3.63, 3.8) is 0 Å². The van der Waals surface area contributed by atoms with Crippen LogP contribution in [0.1, 0.15) is 47.8 Å². The summed E-state index contributed by atoms with van der Waals surface area (Å²) in [6, 6.07) is -2.04. The van der Waals surface area contributed by atoms with Gasteiger partial charge >= 0.3 is 0 Å². The van der Waals surface area contributed by atoms with Gasteiger partial charge in [-0.05, 0) is 80.3 Å². The third kappa shape index (κ3) is 8.83. The largest absolute Gasteiger partial charge is 0.377 e. The molecule has 1 aliphatic carbocycles. The number of hydrogen-bond acceptors (Lipinski definition) is 11. The van der Waals surface area contributed by atoms with Crippen molar-refractivity contribution in [2.45, 2.75) is 76.2 Å². The number of halogens is 1. The Bertz CT molecular complexity index is 1060. The first kappa shape index (κ1) is 32.3. The van der Waals surface area contributed by atoms with Gasteiger partial charge in [0.15, 0.2) is 11.4 Å². The van der Waals surface area contributed by atoms with Crippen molar-refractivity contribution in [1.82, 2.24) is 20.9 Å². The average molecular weight is 663 g/mol. The van der Waals surface area contributed by atoms with Crippen LogP contribution in [0.15, 0.2) is 27.5 Å². The van der Waals surface area contributed by atoms with Gasteiger partial charge in [-0.3, -0.25) is 20.2 Å². The molecule has 0 spiro atoms. The van der Waals surface area contributed by atoms with Gasteiger partial charge in [-0.1, -0.05) is 0 Å². The number of nitrogens with one attached hydrogen (secondary N) is 3. The van der Waals surface area contributed by atoms with Crippen molar-refractivity contribution in [2.75, 3.05) is 14.2 Å². The smallest absolute Gasteiger partial charge is 0.263 e. The van der Waals surface area contributed by atoms with Crippen molar-refractivity contribution in [3.05, 3.63) is 37.4 Å². The number of aromatic nitrogens is 1. The van der Waals surface area contributed by atoms with Crippen LogP contribution in [-0.2, 0) is 23.9 Å². The standard InChI is InChI=1S/C25H35IN4O7S/c1-14(7-6-8-16-9-20(26)25(3,35)21(33)10-16)28-23(36-4)18(13-32)30-24(37-5)17(12-31)29-22(34)19-11-27-15(2)38-19/h9-14,17-18,23-24,28,30,35H,6-8H2,1-5H3,(H,29,34)/t14-,17?,18?,23-,24-,25?/m0/s1. The van der Waals surface area contributed by atoms with Crippen LogP contribution in [0.25, 0.3) is 0 Å². The van der Waals surface area contributed by atoms with Gasteiger partial charge in [0.2, 0.25) is 0 Å². The van der Waals surface area contributed by atoms with E-state index in [9.17, 15) is 24.3 Å². The molecular weight excluding hydrogens is 627 g/mol. The summed E-state index contributed by atoms with van der Waals surface area (Å²) in [4.78, 5) is 52.7. The second-order valence-corrected chi connectivity index (χ2v) is 11.5. The number of aryl methyl sites for hydroxylation is 1. The van der Waals surface area contributed by atoms with E-state index in [1.54, 1.807) is 6.92 Å². The lowest BCUT2D eigenvalue weighted by atomic mass is 9.90. The average Bonchev–Trinajstić information content (AvgIpc) is 3.32. The third-order valence-corrected chi connectivity index (χ3v) is 8.35. The SMILES string of the molecule is CO[C@H](NC(C=O)[C@@H](N[C@@H](C)CCCC1=CC(=O)C(C)(O)C(I)=C1)OC)C(C=O)NC(=O)c1cnc(C)s1. The van der Waals surface area contributed by atoms with Crippen molar-refractivity contribution >= 4 is 58.2 Å². The fourth-order valence-electron chi connectivity index (χ4n) is 3.79. The summed E-state index contributed by atoms with van der Waals surface area (Å²) in [6.45, 7) is 5.19. The minimum absolute atomic E-state index is 0.0626. The lowest BCUT2D eigenvalue weighted by Crippen LogP contribution is -2.60. The first-order chi connectivity index (χ1) is 18.0. The van der Waals surface area contributed by atoms with E-state index in [2.05, 4.69) is 20.9 Å². The van der Waals surface area contributed by atoms with Crippen LogP contribution in [0.5, 0.6) is 0 Å². The number of aliphatic hydroxyl groups is 1. The lowest BCUT2D eigenvalue weighted by molar-refractivity contribution is -0.126. The van der Waals surface area contributed by atoms with Crippen LogP contribution in [0.2, 0.25) is 0 Å². The van der Waals surface area contributed by atoms with Gasteiger partial charge in [0.1, 0.15) is 42.0 Å². The number of hydrogen-bond donors (Lipinski definition) is 4. The number of ether oxygens (including phenoxy) is 2. The van der Waals surface area contributed by atoms with Crippen LogP contribution in [0.3, 0.4) is 0 Å². The number of carbonyl (C=O) groups excluding carboxylic acids is 4. The first-order valence-corrected chi connectivity index (χ1v) is 13.9. The highest BCUT2D eigenvalue weighted by atomic mass is 127. The van der Waals surface area contributed by atoms with E-state index < -0.39 is 36.0 Å². The second kappa shape index (κ2) is 15.1. The zero-order valence-electron chi connectivity index (χ0n) is 22.0.